The van der Waals surface area contributed by atoms with Crippen LogP contribution < -0.4 is 0 Å². The highest BCUT2D eigenvalue weighted by Gasteiger charge is 1.98. The second-order valence-electron chi connectivity index (χ2n) is 3.36. The van der Waals surface area contributed by atoms with Gasteiger partial charge in [0.2, 0.25) is 0 Å². The highest BCUT2D eigenvalue weighted by molar-refractivity contribution is 5.32. The number of benzene rings is 1. The maximum absolute atomic E-state index is 3.22. The van der Waals surface area contributed by atoms with Gasteiger partial charge in [0.15, 0.2) is 0 Å². The van der Waals surface area contributed by atoms with Crippen molar-refractivity contribution in [3.63, 3.8) is 0 Å². The summed E-state index contributed by atoms with van der Waals surface area (Å²) in [5, 5.41) is 0. The molecular weight excluding hydrogens is 144 g/mol. The van der Waals surface area contributed by atoms with Gasteiger partial charge in [-0.05, 0) is 49.4 Å². The Morgan fingerprint density at radius 1 is 1.33 bits per heavy atom. The fourth-order valence-corrected chi connectivity index (χ4v) is 1.38. The quantitative estimate of drug-likeness (QED) is 0.637. The summed E-state index contributed by atoms with van der Waals surface area (Å²) in [4.78, 5) is 0. The van der Waals surface area contributed by atoms with Crippen molar-refractivity contribution < 1.29 is 0 Å². The number of aryl methyl sites for hydroxylation is 2. The lowest BCUT2D eigenvalue weighted by molar-refractivity contribution is 0.790. The molecule has 0 aromatic heterocycles. The van der Waals surface area contributed by atoms with Crippen LogP contribution >= 0.6 is 0 Å². The maximum Gasteiger partial charge on any atom is -0.0149 e. The molecule has 0 N–H and O–H groups in total. The van der Waals surface area contributed by atoms with Crippen LogP contribution in [-0.2, 0) is 6.42 Å². The number of rotatable bonds is 3. The lowest BCUT2D eigenvalue weighted by atomic mass is 9.99. The van der Waals surface area contributed by atoms with Crippen molar-refractivity contribution in [1.82, 2.24) is 0 Å². The molecule has 1 radical (unpaired) electrons. The molecule has 0 saturated heterocycles. The Morgan fingerprint density at radius 3 is 2.75 bits per heavy atom. The first-order valence-corrected chi connectivity index (χ1v) is 4.72. The topological polar surface area (TPSA) is 0 Å². The molecule has 0 amide bonds. The molecular formula is C12H17. The first-order valence-electron chi connectivity index (χ1n) is 4.72. The van der Waals surface area contributed by atoms with Gasteiger partial charge in [0.05, 0.1) is 0 Å². The average Bonchev–Trinajstić information content (AvgIpc) is 2.08. The van der Waals surface area contributed by atoms with E-state index in [1.807, 2.05) is 6.07 Å². The zero-order valence-electron chi connectivity index (χ0n) is 8.28. The van der Waals surface area contributed by atoms with E-state index in [-0.39, 0.29) is 0 Å². The molecule has 0 aliphatic rings. The Kier molecular flexibility index (Phi) is 3.33. The predicted octanol–water partition coefficient (Wildman–Crippen LogP) is 3.45. The number of hydrogen-bond acceptors (Lipinski definition) is 0. The van der Waals surface area contributed by atoms with Gasteiger partial charge in [-0.3, -0.25) is 0 Å². The Bertz CT molecular complexity index is 248. The lowest BCUT2D eigenvalue weighted by Gasteiger charge is -2.06. The molecule has 65 valence electrons. The number of hydrogen-bond donors (Lipinski definition) is 0. The smallest absolute Gasteiger partial charge is 0.0149 e. The first-order chi connectivity index (χ1) is 5.75. The molecule has 1 aromatic rings. The minimum atomic E-state index is 1.22. The summed E-state index contributed by atoms with van der Waals surface area (Å²) >= 11 is 0. The van der Waals surface area contributed by atoms with Crippen molar-refractivity contribution in [2.75, 3.05) is 0 Å². The van der Waals surface area contributed by atoms with Crippen molar-refractivity contribution in [3.8, 4) is 0 Å². The van der Waals surface area contributed by atoms with Crippen LogP contribution in [0.25, 0.3) is 0 Å². The first kappa shape index (κ1) is 9.31. The van der Waals surface area contributed by atoms with E-state index in [4.69, 9.17) is 0 Å². The third kappa shape index (κ3) is 2.10. The highest BCUT2D eigenvalue weighted by atomic mass is 14.0. The Hall–Kier alpha value is -0.780. The molecule has 0 saturated carbocycles. The van der Waals surface area contributed by atoms with Crippen molar-refractivity contribution >= 4 is 0 Å². The molecule has 0 fully saturated rings. The van der Waals surface area contributed by atoms with Crippen molar-refractivity contribution in [1.29, 1.82) is 0 Å². The zero-order valence-corrected chi connectivity index (χ0v) is 8.28. The largest absolute Gasteiger partial charge is 0.0654 e. The highest BCUT2D eigenvalue weighted by Crippen LogP contribution is 2.14. The van der Waals surface area contributed by atoms with Gasteiger partial charge in [-0.2, -0.15) is 0 Å². The lowest BCUT2D eigenvalue weighted by Crippen LogP contribution is -1.91. The molecule has 1 aromatic carbocycles. The van der Waals surface area contributed by atoms with Gasteiger partial charge in [-0.15, -0.1) is 0 Å². The fraction of sp³-hybridized carbons (Fsp3) is 0.500. The molecule has 12 heavy (non-hydrogen) atoms. The van der Waals surface area contributed by atoms with Gasteiger partial charge in [0, 0.05) is 0 Å². The molecule has 0 unspecified atom stereocenters. The van der Waals surface area contributed by atoms with Crippen LogP contribution in [-0.4, -0.2) is 0 Å². The van der Waals surface area contributed by atoms with Crippen molar-refractivity contribution in [2.24, 2.45) is 0 Å². The molecule has 0 heterocycles. The summed E-state index contributed by atoms with van der Waals surface area (Å²) in [6.45, 7) is 6.55. The van der Waals surface area contributed by atoms with E-state index in [0.717, 1.165) is 0 Å². The van der Waals surface area contributed by atoms with E-state index in [2.05, 4.69) is 32.9 Å². The maximum atomic E-state index is 3.22. The fourth-order valence-electron chi connectivity index (χ4n) is 1.38. The molecule has 1 rings (SSSR count). The molecule has 0 aliphatic heterocycles. The van der Waals surface area contributed by atoms with Gasteiger partial charge in [0.1, 0.15) is 0 Å². The van der Waals surface area contributed by atoms with Crippen LogP contribution in [0.15, 0.2) is 12.1 Å². The van der Waals surface area contributed by atoms with Crippen molar-refractivity contribution in [3.05, 3.63) is 34.9 Å². The Morgan fingerprint density at radius 2 is 2.08 bits per heavy atom. The molecule has 0 bridgehead atoms. The van der Waals surface area contributed by atoms with Crippen LogP contribution in [0.1, 0.15) is 36.5 Å². The standard InChI is InChI=1S/C12H17/c1-4-5-8-12-9-6-7-10(2)11(12)3/h6,9H,4-5,8H2,1-3H3. The van der Waals surface area contributed by atoms with E-state index >= 15 is 0 Å². The van der Waals surface area contributed by atoms with Gasteiger partial charge in [-0.25, -0.2) is 0 Å². The van der Waals surface area contributed by atoms with Crippen molar-refractivity contribution in [2.45, 2.75) is 40.0 Å². The number of unbranched alkanes of at least 4 members (excludes halogenated alkanes) is 1. The van der Waals surface area contributed by atoms with E-state index < -0.39 is 0 Å². The molecule has 0 nitrogen and oxygen atoms in total. The summed E-state index contributed by atoms with van der Waals surface area (Å²) in [6, 6.07) is 7.44. The van der Waals surface area contributed by atoms with Crippen LogP contribution in [0.2, 0.25) is 0 Å². The summed E-state index contributed by atoms with van der Waals surface area (Å²) < 4.78 is 0. The van der Waals surface area contributed by atoms with Crippen LogP contribution in [0.4, 0.5) is 0 Å². The summed E-state index contributed by atoms with van der Waals surface area (Å²) in [5.74, 6) is 0. The molecule has 0 atom stereocenters. The molecule has 0 spiro atoms. The van der Waals surface area contributed by atoms with E-state index in [0.29, 0.717) is 0 Å². The minimum absolute atomic E-state index is 1.22. The third-order valence-corrected chi connectivity index (χ3v) is 2.43. The third-order valence-electron chi connectivity index (χ3n) is 2.43. The SMILES string of the molecule is CCCCc1cc[c]c(C)c1C. The van der Waals surface area contributed by atoms with Gasteiger partial charge in [0.25, 0.3) is 0 Å². The monoisotopic (exact) mass is 161 g/mol. The second-order valence-corrected chi connectivity index (χ2v) is 3.36. The minimum Gasteiger partial charge on any atom is -0.0654 e. The van der Waals surface area contributed by atoms with E-state index in [1.54, 1.807) is 0 Å². The molecule has 0 heteroatoms. The van der Waals surface area contributed by atoms with Crippen LogP contribution in [0, 0.1) is 19.9 Å². The second kappa shape index (κ2) is 4.30. The van der Waals surface area contributed by atoms with Gasteiger partial charge >= 0.3 is 0 Å². The Balaban J connectivity index is 2.78. The van der Waals surface area contributed by atoms with E-state index in [1.165, 1.54) is 36.0 Å². The van der Waals surface area contributed by atoms with Crippen LogP contribution in [0.5, 0.6) is 0 Å². The van der Waals surface area contributed by atoms with Gasteiger partial charge in [-0.1, -0.05) is 25.5 Å². The zero-order chi connectivity index (χ0) is 8.97. The average molecular weight is 161 g/mol. The normalized spacial score (nSPS) is 10.2. The predicted molar refractivity (Wildman–Crippen MR) is 53.4 cm³/mol. The molecule has 0 aliphatic carbocycles. The van der Waals surface area contributed by atoms with E-state index in [9.17, 15) is 0 Å². The van der Waals surface area contributed by atoms with Gasteiger partial charge < -0.3 is 0 Å². The summed E-state index contributed by atoms with van der Waals surface area (Å²) in [5.41, 5.74) is 4.21. The summed E-state index contributed by atoms with van der Waals surface area (Å²) in [7, 11) is 0. The Labute approximate surface area is 75.6 Å². The summed E-state index contributed by atoms with van der Waals surface area (Å²) in [6.07, 6.45) is 3.79. The van der Waals surface area contributed by atoms with Crippen LogP contribution in [0.3, 0.4) is 0 Å².